The second kappa shape index (κ2) is 9.52. The van der Waals surface area contributed by atoms with Gasteiger partial charge in [0.05, 0.1) is 19.4 Å². The van der Waals surface area contributed by atoms with E-state index in [1.165, 1.54) is 0 Å². The maximum Gasteiger partial charge on any atom is 0.223 e. The summed E-state index contributed by atoms with van der Waals surface area (Å²) >= 11 is 6.14. The van der Waals surface area contributed by atoms with Gasteiger partial charge >= 0.3 is 0 Å². The van der Waals surface area contributed by atoms with Crippen molar-refractivity contribution < 1.29 is 14.4 Å². The highest BCUT2D eigenvalue weighted by Crippen LogP contribution is 2.24. The van der Waals surface area contributed by atoms with Crippen molar-refractivity contribution >= 4 is 23.2 Å². The number of oxime groups is 1. The molecule has 1 amide bonds. The van der Waals surface area contributed by atoms with Crippen LogP contribution >= 0.6 is 11.6 Å². The molecule has 0 aliphatic carbocycles. The summed E-state index contributed by atoms with van der Waals surface area (Å²) in [5.74, 6) is 0.902. The highest BCUT2D eigenvalue weighted by molar-refractivity contribution is 6.30. The summed E-state index contributed by atoms with van der Waals surface area (Å²) in [6.07, 6.45) is 0.943. The van der Waals surface area contributed by atoms with Crippen molar-refractivity contribution in [3.05, 3.63) is 64.7 Å². The first kappa shape index (κ1) is 22.2. The number of carbonyl (C=O) groups is 1. The minimum atomic E-state index is -0.176. The zero-order chi connectivity index (χ0) is 21.7. The first-order valence-electron chi connectivity index (χ1n) is 10.1. The lowest BCUT2D eigenvalue weighted by Crippen LogP contribution is -2.38. The van der Waals surface area contributed by atoms with Crippen molar-refractivity contribution in [2.75, 3.05) is 13.7 Å². The van der Waals surface area contributed by atoms with Gasteiger partial charge in [0.15, 0.2) is 6.10 Å². The van der Waals surface area contributed by atoms with Crippen LogP contribution in [-0.4, -0.2) is 36.3 Å². The van der Waals surface area contributed by atoms with Crippen LogP contribution in [0.5, 0.6) is 5.75 Å². The van der Waals surface area contributed by atoms with Gasteiger partial charge in [-0.15, -0.1) is 0 Å². The first-order chi connectivity index (χ1) is 14.2. The van der Waals surface area contributed by atoms with Gasteiger partial charge in [0.25, 0.3) is 0 Å². The fraction of sp³-hybridized carbons (Fsp3) is 0.417. The van der Waals surface area contributed by atoms with Crippen LogP contribution in [0.3, 0.4) is 0 Å². The Kier molecular flexibility index (Phi) is 7.03. The third kappa shape index (κ3) is 6.23. The molecule has 0 aromatic heterocycles. The smallest absolute Gasteiger partial charge is 0.223 e. The summed E-state index contributed by atoms with van der Waals surface area (Å²) in [4.78, 5) is 20.6. The van der Waals surface area contributed by atoms with Gasteiger partial charge in [0, 0.05) is 24.4 Å². The van der Waals surface area contributed by atoms with Gasteiger partial charge in [0.1, 0.15) is 5.75 Å². The molecule has 0 bridgehead atoms. The Morgan fingerprint density at radius 3 is 2.60 bits per heavy atom. The standard InChI is InChI=1S/C24H29ClN2O3/c1-24(2,3)14-23(28)27(15-17-6-5-7-19(25)12-17)16-21-13-22(26-30-21)18-8-10-20(29-4)11-9-18/h5-12,21H,13-16H2,1-4H3. The number of rotatable bonds is 7. The average molecular weight is 429 g/mol. The monoisotopic (exact) mass is 428 g/mol. The minimum absolute atomic E-state index is 0.0923. The number of benzene rings is 2. The second-order valence-electron chi connectivity index (χ2n) is 8.84. The summed E-state index contributed by atoms with van der Waals surface area (Å²) in [6, 6.07) is 15.4. The predicted octanol–water partition coefficient (Wildman–Crippen LogP) is 5.31. The van der Waals surface area contributed by atoms with Gasteiger partial charge in [-0.25, -0.2) is 0 Å². The molecule has 0 spiro atoms. The number of amides is 1. The Balaban J connectivity index is 1.69. The van der Waals surface area contributed by atoms with E-state index in [-0.39, 0.29) is 17.4 Å². The van der Waals surface area contributed by atoms with Crippen LogP contribution in [0.2, 0.25) is 5.02 Å². The molecule has 1 atom stereocenters. The third-order valence-corrected chi connectivity index (χ3v) is 5.11. The van der Waals surface area contributed by atoms with Crippen molar-refractivity contribution in [2.45, 2.75) is 46.3 Å². The van der Waals surface area contributed by atoms with E-state index in [2.05, 4.69) is 25.9 Å². The molecule has 1 heterocycles. The molecule has 5 nitrogen and oxygen atoms in total. The highest BCUT2D eigenvalue weighted by atomic mass is 35.5. The van der Waals surface area contributed by atoms with Crippen molar-refractivity contribution in [2.24, 2.45) is 10.6 Å². The van der Waals surface area contributed by atoms with Gasteiger partial charge in [-0.2, -0.15) is 0 Å². The van der Waals surface area contributed by atoms with Crippen LogP contribution in [-0.2, 0) is 16.2 Å². The number of halogens is 1. The van der Waals surface area contributed by atoms with E-state index >= 15 is 0 Å². The summed E-state index contributed by atoms with van der Waals surface area (Å²) in [5.41, 5.74) is 2.79. The van der Waals surface area contributed by atoms with Crippen LogP contribution in [0.4, 0.5) is 0 Å². The minimum Gasteiger partial charge on any atom is -0.497 e. The fourth-order valence-electron chi connectivity index (χ4n) is 3.40. The average Bonchev–Trinajstić information content (AvgIpc) is 3.15. The Hall–Kier alpha value is -2.53. The highest BCUT2D eigenvalue weighted by Gasteiger charge is 2.28. The molecule has 0 saturated heterocycles. The van der Waals surface area contributed by atoms with E-state index in [4.69, 9.17) is 21.2 Å². The molecular formula is C24H29ClN2O3. The fourth-order valence-corrected chi connectivity index (χ4v) is 3.61. The zero-order valence-electron chi connectivity index (χ0n) is 18.0. The number of nitrogens with zero attached hydrogens (tertiary/aromatic N) is 2. The lowest BCUT2D eigenvalue weighted by atomic mass is 9.91. The third-order valence-electron chi connectivity index (χ3n) is 4.88. The first-order valence-corrected chi connectivity index (χ1v) is 10.5. The van der Waals surface area contributed by atoms with E-state index in [0.29, 0.717) is 31.0 Å². The summed E-state index contributed by atoms with van der Waals surface area (Å²) in [7, 11) is 1.64. The molecular weight excluding hydrogens is 400 g/mol. The maximum atomic E-state index is 13.0. The lowest BCUT2D eigenvalue weighted by Gasteiger charge is -2.28. The van der Waals surface area contributed by atoms with Crippen molar-refractivity contribution in [3.63, 3.8) is 0 Å². The predicted molar refractivity (Wildman–Crippen MR) is 120 cm³/mol. The van der Waals surface area contributed by atoms with E-state index in [1.54, 1.807) is 7.11 Å². The number of hydrogen-bond acceptors (Lipinski definition) is 4. The quantitative estimate of drug-likeness (QED) is 0.600. The number of carbonyl (C=O) groups excluding carboxylic acids is 1. The Morgan fingerprint density at radius 2 is 1.97 bits per heavy atom. The Morgan fingerprint density at radius 1 is 1.23 bits per heavy atom. The molecule has 1 aliphatic heterocycles. The van der Waals surface area contributed by atoms with Gasteiger partial charge in [0.2, 0.25) is 5.91 Å². The molecule has 0 radical (unpaired) electrons. The molecule has 1 aliphatic rings. The van der Waals surface area contributed by atoms with E-state index < -0.39 is 0 Å². The summed E-state index contributed by atoms with van der Waals surface area (Å²) < 4.78 is 5.21. The van der Waals surface area contributed by atoms with Gasteiger partial charge in [-0.05, 0) is 52.9 Å². The van der Waals surface area contributed by atoms with Crippen LogP contribution in [0.15, 0.2) is 53.7 Å². The molecule has 3 rings (SSSR count). The van der Waals surface area contributed by atoms with Gasteiger partial charge in [-0.1, -0.05) is 49.7 Å². The van der Waals surface area contributed by atoms with Gasteiger partial charge in [-0.3, -0.25) is 4.79 Å². The number of hydrogen-bond donors (Lipinski definition) is 0. The van der Waals surface area contributed by atoms with Crippen molar-refractivity contribution in [3.8, 4) is 5.75 Å². The number of methoxy groups -OCH3 is 1. The topological polar surface area (TPSA) is 51.1 Å². The molecule has 30 heavy (non-hydrogen) atoms. The van der Waals surface area contributed by atoms with Crippen molar-refractivity contribution in [1.29, 1.82) is 0 Å². The Labute approximate surface area is 183 Å². The molecule has 2 aromatic carbocycles. The second-order valence-corrected chi connectivity index (χ2v) is 9.28. The molecule has 0 fully saturated rings. The van der Waals surface area contributed by atoms with Crippen LogP contribution < -0.4 is 4.74 Å². The summed E-state index contributed by atoms with van der Waals surface area (Å²) in [6.45, 7) is 7.18. The molecule has 0 N–H and O–H groups in total. The van der Waals surface area contributed by atoms with Gasteiger partial charge < -0.3 is 14.5 Å². The van der Waals surface area contributed by atoms with Crippen molar-refractivity contribution in [1.82, 2.24) is 4.90 Å². The summed E-state index contributed by atoms with van der Waals surface area (Å²) in [5, 5.41) is 4.93. The SMILES string of the molecule is COc1ccc(C2=NOC(CN(Cc3cccc(Cl)c3)C(=O)CC(C)(C)C)C2)cc1. The van der Waals surface area contributed by atoms with Crippen LogP contribution in [0.25, 0.3) is 0 Å². The molecule has 6 heteroatoms. The van der Waals surface area contributed by atoms with E-state index in [0.717, 1.165) is 22.6 Å². The largest absolute Gasteiger partial charge is 0.497 e. The normalized spacial score (nSPS) is 16.0. The van der Waals surface area contributed by atoms with Crippen LogP contribution in [0, 0.1) is 5.41 Å². The lowest BCUT2D eigenvalue weighted by molar-refractivity contribution is -0.135. The van der Waals surface area contributed by atoms with E-state index in [1.807, 2.05) is 53.4 Å². The van der Waals surface area contributed by atoms with E-state index in [9.17, 15) is 4.79 Å². The number of ether oxygens (including phenoxy) is 1. The molecule has 2 aromatic rings. The Bertz CT molecular complexity index is 903. The maximum absolute atomic E-state index is 13.0. The van der Waals surface area contributed by atoms with Crippen LogP contribution in [0.1, 0.15) is 44.7 Å². The zero-order valence-corrected chi connectivity index (χ0v) is 18.8. The molecule has 1 unspecified atom stereocenters. The molecule has 160 valence electrons. The molecule has 0 saturated carbocycles.